The molecule has 0 aromatic carbocycles. The van der Waals surface area contributed by atoms with Crippen LogP contribution in [-0.4, -0.2) is 23.0 Å². The smallest absolute Gasteiger partial charge is 0.303 e. The quantitative estimate of drug-likeness (QED) is 0.815. The predicted octanol–water partition coefficient (Wildman–Crippen LogP) is 3.37. The third kappa shape index (κ3) is 2.18. The summed E-state index contributed by atoms with van der Waals surface area (Å²) >= 11 is 0. The third-order valence-corrected chi connectivity index (χ3v) is 8.30. The molecule has 3 fully saturated rings. The Morgan fingerprint density at radius 1 is 1.21 bits per heavy atom. The molecule has 0 spiro atoms. The van der Waals surface area contributed by atoms with Crippen LogP contribution < -0.4 is 5.32 Å². The van der Waals surface area contributed by atoms with E-state index in [9.17, 15) is 14.7 Å². The molecule has 2 unspecified atom stereocenters. The number of hydrogen-bond acceptors (Lipinski definition) is 2. The SMILES string of the molecule is C[C@]12CCC3C(CC[C@H]4NC(=O)C=C[C@]34C)[C@@H]1CC[C@@H]2CC(=O)O. The monoisotopic (exact) mass is 331 g/mol. The van der Waals surface area contributed by atoms with Gasteiger partial charge in [0.2, 0.25) is 5.91 Å². The molecule has 0 radical (unpaired) electrons. The highest BCUT2D eigenvalue weighted by Crippen LogP contribution is 2.65. The Labute approximate surface area is 144 Å². The summed E-state index contributed by atoms with van der Waals surface area (Å²) in [6.45, 7) is 4.69. The molecule has 24 heavy (non-hydrogen) atoms. The molecular formula is C20H29NO3. The summed E-state index contributed by atoms with van der Waals surface area (Å²) in [7, 11) is 0. The highest BCUT2D eigenvalue weighted by atomic mass is 16.4. The predicted molar refractivity (Wildman–Crippen MR) is 91.2 cm³/mol. The summed E-state index contributed by atoms with van der Waals surface area (Å²) in [4.78, 5) is 23.0. The summed E-state index contributed by atoms with van der Waals surface area (Å²) in [6.07, 6.45) is 11.1. The van der Waals surface area contributed by atoms with E-state index in [0.717, 1.165) is 19.3 Å². The second kappa shape index (κ2) is 5.34. The van der Waals surface area contributed by atoms with Crippen LogP contribution >= 0.6 is 0 Å². The molecule has 3 saturated carbocycles. The van der Waals surface area contributed by atoms with Gasteiger partial charge in [0.1, 0.15) is 0 Å². The molecule has 4 aliphatic rings. The van der Waals surface area contributed by atoms with Gasteiger partial charge in [-0.3, -0.25) is 9.59 Å². The van der Waals surface area contributed by atoms with E-state index in [0.29, 0.717) is 30.1 Å². The fourth-order valence-corrected chi connectivity index (χ4v) is 6.99. The first-order valence-corrected chi connectivity index (χ1v) is 9.56. The first-order valence-electron chi connectivity index (χ1n) is 9.56. The van der Waals surface area contributed by atoms with Gasteiger partial charge in [-0.1, -0.05) is 19.9 Å². The molecule has 2 N–H and O–H groups in total. The van der Waals surface area contributed by atoms with Crippen LogP contribution in [0.5, 0.6) is 0 Å². The normalized spacial score (nSPS) is 49.8. The molecule has 0 aromatic heterocycles. The molecule has 1 amide bonds. The number of carbonyl (C=O) groups is 2. The molecule has 0 aromatic rings. The summed E-state index contributed by atoms with van der Waals surface area (Å²) in [5, 5.41) is 12.5. The van der Waals surface area contributed by atoms with Gasteiger partial charge in [-0.15, -0.1) is 0 Å². The summed E-state index contributed by atoms with van der Waals surface area (Å²) in [6, 6.07) is 0.275. The average Bonchev–Trinajstić information content (AvgIpc) is 2.84. The Morgan fingerprint density at radius 3 is 2.75 bits per heavy atom. The number of nitrogens with one attached hydrogen (secondary N) is 1. The molecule has 0 bridgehead atoms. The highest BCUT2D eigenvalue weighted by molar-refractivity contribution is 5.89. The van der Waals surface area contributed by atoms with Crippen molar-refractivity contribution >= 4 is 11.9 Å². The largest absolute Gasteiger partial charge is 0.481 e. The maximum Gasteiger partial charge on any atom is 0.303 e. The molecule has 7 atom stereocenters. The van der Waals surface area contributed by atoms with Gasteiger partial charge < -0.3 is 10.4 Å². The zero-order valence-electron chi connectivity index (χ0n) is 14.8. The van der Waals surface area contributed by atoms with Gasteiger partial charge in [-0.05, 0) is 73.7 Å². The van der Waals surface area contributed by atoms with Crippen LogP contribution in [0.2, 0.25) is 0 Å². The van der Waals surface area contributed by atoms with Gasteiger partial charge in [0.15, 0.2) is 0 Å². The Balaban J connectivity index is 1.62. The summed E-state index contributed by atoms with van der Waals surface area (Å²) < 4.78 is 0. The number of carbonyl (C=O) groups excluding carboxylic acids is 1. The Morgan fingerprint density at radius 2 is 2.00 bits per heavy atom. The lowest BCUT2D eigenvalue weighted by Crippen LogP contribution is -2.59. The van der Waals surface area contributed by atoms with Gasteiger partial charge in [0, 0.05) is 17.9 Å². The van der Waals surface area contributed by atoms with Crippen molar-refractivity contribution in [1.29, 1.82) is 0 Å². The van der Waals surface area contributed by atoms with Crippen molar-refractivity contribution < 1.29 is 14.7 Å². The van der Waals surface area contributed by atoms with Crippen LogP contribution in [0.15, 0.2) is 12.2 Å². The van der Waals surface area contributed by atoms with Gasteiger partial charge in [-0.2, -0.15) is 0 Å². The topological polar surface area (TPSA) is 66.4 Å². The van der Waals surface area contributed by atoms with E-state index < -0.39 is 5.97 Å². The zero-order valence-corrected chi connectivity index (χ0v) is 14.8. The molecule has 3 aliphatic carbocycles. The van der Waals surface area contributed by atoms with E-state index in [1.807, 2.05) is 0 Å². The second-order valence-corrected chi connectivity index (χ2v) is 9.13. The summed E-state index contributed by atoms with van der Waals surface area (Å²) in [5.74, 6) is 1.72. The van der Waals surface area contributed by atoms with E-state index in [1.54, 1.807) is 6.08 Å². The van der Waals surface area contributed by atoms with Crippen molar-refractivity contribution in [2.75, 3.05) is 0 Å². The van der Waals surface area contributed by atoms with Crippen LogP contribution in [-0.2, 0) is 9.59 Å². The van der Waals surface area contributed by atoms with Crippen LogP contribution in [0.3, 0.4) is 0 Å². The fraction of sp³-hybridized carbons (Fsp3) is 0.800. The number of hydrogen-bond donors (Lipinski definition) is 2. The maximum atomic E-state index is 11.7. The van der Waals surface area contributed by atoms with Crippen LogP contribution in [0.25, 0.3) is 0 Å². The third-order valence-electron chi connectivity index (χ3n) is 8.30. The lowest BCUT2D eigenvalue weighted by atomic mass is 9.48. The molecule has 0 saturated heterocycles. The Hall–Kier alpha value is -1.32. The van der Waals surface area contributed by atoms with E-state index >= 15 is 0 Å². The lowest BCUT2D eigenvalue weighted by Gasteiger charge is -2.58. The van der Waals surface area contributed by atoms with E-state index in [-0.39, 0.29) is 22.8 Å². The van der Waals surface area contributed by atoms with Gasteiger partial charge in [0.05, 0.1) is 0 Å². The Kier molecular flexibility index (Phi) is 3.59. The highest BCUT2D eigenvalue weighted by Gasteiger charge is 2.59. The van der Waals surface area contributed by atoms with Crippen molar-refractivity contribution in [3.63, 3.8) is 0 Å². The van der Waals surface area contributed by atoms with Crippen molar-refractivity contribution in [2.45, 2.75) is 64.8 Å². The van der Waals surface area contributed by atoms with Crippen LogP contribution in [0.4, 0.5) is 0 Å². The number of rotatable bonds is 2. The fourth-order valence-electron chi connectivity index (χ4n) is 6.99. The minimum Gasteiger partial charge on any atom is -0.481 e. The lowest BCUT2D eigenvalue weighted by molar-refractivity contribution is -0.140. The molecule has 4 nitrogen and oxygen atoms in total. The zero-order chi connectivity index (χ0) is 17.1. The van der Waals surface area contributed by atoms with Crippen molar-refractivity contribution in [1.82, 2.24) is 5.32 Å². The molecule has 4 heteroatoms. The summed E-state index contributed by atoms with van der Waals surface area (Å²) in [5.41, 5.74) is 0.271. The van der Waals surface area contributed by atoms with Crippen molar-refractivity contribution in [3.05, 3.63) is 12.2 Å². The molecular weight excluding hydrogens is 302 g/mol. The first-order chi connectivity index (χ1) is 11.3. The van der Waals surface area contributed by atoms with Crippen LogP contribution in [0.1, 0.15) is 58.8 Å². The maximum absolute atomic E-state index is 11.7. The van der Waals surface area contributed by atoms with Crippen molar-refractivity contribution in [3.8, 4) is 0 Å². The van der Waals surface area contributed by atoms with E-state index in [4.69, 9.17) is 0 Å². The van der Waals surface area contributed by atoms with Gasteiger partial charge in [0.25, 0.3) is 0 Å². The number of amides is 1. The second-order valence-electron chi connectivity index (χ2n) is 9.13. The minimum absolute atomic E-state index is 0.0546. The molecule has 1 heterocycles. The van der Waals surface area contributed by atoms with Crippen LogP contribution in [0, 0.1) is 34.5 Å². The number of aliphatic carboxylic acids is 1. The van der Waals surface area contributed by atoms with Crippen molar-refractivity contribution in [2.24, 2.45) is 34.5 Å². The molecule has 4 rings (SSSR count). The Bertz CT molecular complexity index is 600. The number of carboxylic acids is 1. The average molecular weight is 331 g/mol. The number of fused-ring (bicyclic) bond motifs is 5. The molecule has 1 aliphatic heterocycles. The van der Waals surface area contributed by atoms with E-state index in [2.05, 4.69) is 25.2 Å². The van der Waals surface area contributed by atoms with Gasteiger partial charge in [-0.25, -0.2) is 0 Å². The minimum atomic E-state index is -0.641. The molecule has 132 valence electrons. The standard InChI is InChI=1S/C20H29NO3/c1-19-9-7-15-13(14(19)5-3-12(19)11-18(23)24)4-6-16-20(15,2)10-8-17(22)21-16/h8,10,12-16H,3-7,9,11H2,1-2H3,(H,21,22)(H,23,24)/t12-,13?,14+,15?,16-,19-,20-/m1/s1. The van der Waals surface area contributed by atoms with Gasteiger partial charge >= 0.3 is 5.97 Å². The number of carboxylic acid groups (broad SMARTS) is 1. The van der Waals surface area contributed by atoms with E-state index in [1.165, 1.54) is 19.3 Å². The first kappa shape index (κ1) is 16.2.